The van der Waals surface area contributed by atoms with Crippen LogP contribution in [0.3, 0.4) is 0 Å². The van der Waals surface area contributed by atoms with Crippen molar-refractivity contribution in [2.75, 3.05) is 6.61 Å². The molecule has 0 atom stereocenters. The van der Waals surface area contributed by atoms with Crippen LogP contribution in [-0.4, -0.2) is 12.7 Å². The predicted octanol–water partition coefficient (Wildman–Crippen LogP) is 8.70. The van der Waals surface area contributed by atoms with Gasteiger partial charge < -0.3 is 4.74 Å². The maximum atomic E-state index is 6.21. The van der Waals surface area contributed by atoms with Crippen LogP contribution in [0, 0.1) is 17.8 Å². The second-order valence-corrected chi connectivity index (χ2v) is 9.81. The summed E-state index contributed by atoms with van der Waals surface area (Å²) in [6, 6.07) is 0. The van der Waals surface area contributed by atoms with Crippen LogP contribution in [0.25, 0.3) is 0 Å². The van der Waals surface area contributed by atoms with Gasteiger partial charge in [0, 0.05) is 6.61 Å². The van der Waals surface area contributed by atoms with Gasteiger partial charge in [-0.2, -0.15) is 0 Å². The molecule has 0 N–H and O–H groups in total. The van der Waals surface area contributed by atoms with Crippen LogP contribution in [0.4, 0.5) is 0 Å². The number of hydrogen-bond acceptors (Lipinski definition) is 1. The topological polar surface area (TPSA) is 9.23 Å². The molecule has 2 saturated carbocycles. The molecule has 0 radical (unpaired) electrons. The van der Waals surface area contributed by atoms with Gasteiger partial charge in [0.25, 0.3) is 0 Å². The van der Waals surface area contributed by atoms with Crippen LogP contribution in [0.15, 0.2) is 0 Å². The summed E-state index contributed by atoms with van der Waals surface area (Å²) in [5, 5.41) is 0. The van der Waals surface area contributed by atoms with E-state index in [-0.39, 0.29) is 0 Å². The van der Waals surface area contributed by atoms with Crippen LogP contribution in [0.2, 0.25) is 0 Å². The largest absolute Gasteiger partial charge is 0.378 e. The minimum absolute atomic E-state index is 0.590. The first kappa shape index (κ1) is 23.2. The number of hydrogen-bond donors (Lipinski definition) is 0. The van der Waals surface area contributed by atoms with Crippen LogP contribution < -0.4 is 0 Å². The molecule has 0 aromatic carbocycles. The highest BCUT2D eigenvalue weighted by Gasteiger charge is 2.30. The fraction of sp³-hybridized carbons (Fsp3) is 1.00. The Hall–Kier alpha value is -0.0400. The highest BCUT2D eigenvalue weighted by molar-refractivity contribution is 4.82. The van der Waals surface area contributed by atoms with Crippen molar-refractivity contribution in [3.63, 3.8) is 0 Å². The maximum absolute atomic E-state index is 6.21. The van der Waals surface area contributed by atoms with Crippen molar-refractivity contribution in [2.45, 2.75) is 142 Å². The van der Waals surface area contributed by atoms with E-state index in [1.807, 2.05) is 0 Å². The molecule has 0 amide bonds. The average molecular weight is 379 g/mol. The molecule has 2 aliphatic rings. The molecule has 0 aromatic rings. The summed E-state index contributed by atoms with van der Waals surface area (Å²) in [7, 11) is 0. The Balaban J connectivity index is 1.47. The van der Waals surface area contributed by atoms with Gasteiger partial charge in [0.05, 0.1) is 6.10 Å². The monoisotopic (exact) mass is 378 g/mol. The van der Waals surface area contributed by atoms with E-state index < -0.39 is 0 Å². The molecule has 27 heavy (non-hydrogen) atoms. The zero-order chi connectivity index (χ0) is 19.2. The zero-order valence-corrected chi connectivity index (χ0v) is 18.9. The van der Waals surface area contributed by atoms with Crippen molar-refractivity contribution in [3.8, 4) is 0 Å². The van der Waals surface area contributed by atoms with Crippen molar-refractivity contribution < 1.29 is 4.74 Å². The Morgan fingerprint density at radius 1 is 0.556 bits per heavy atom. The van der Waals surface area contributed by atoms with Crippen LogP contribution in [0.5, 0.6) is 0 Å². The molecule has 1 heteroatoms. The Kier molecular flexibility index (Phi) is 12.8. The molecule has 2 aliphatic carbocycles. The molecule has 2 rings (SSSR count). The SMILES string of the molecule is CCCCCCCCO[C@H]1CC[C@H]([C@H]2CC[C@H](CCCCCC)CC2)CC1. The van der Waals surface area contributed by atoms with Crippen molar-refractivity contribution in [3.05, 3.63) is 0 Å². The predicted molar refractivity (Wildman–Crippen MR) is 119 cm³/mol. The first-order chi connectivity index (χ1) is 13.3. The summed E-state index contributed by atoms with van der Waals surface area (Å²) >= 11 is 0. The summed E-state index contributed by atoms with van der Waals surface area (Å²) in [4.78, 5) is 0. The van der Waals surface area contributed by atoms with Gasteiger partial charge in [-0.25, -0.2) is 0 Å². The summed E-state index contributed by atoms with van der Waals surface area (Å²) < 4.78 is 6.21. The third-order valence-corrected chi connectivity index (χ3v) is 7.59. The second-order valence-electron chi connectivity index (χ2n) is 9.81. The third-order valence-electron chi connectivity index (χ3n) is 7.59. The Morgan fingerprint density at radius 3 is 1.70 bits per heavy atom. The lowest BCUT2D eigenvalue weighted by Gasteiger charge is -2.38. The van der Waals surface area contributed by atoms with Gasteiger partial charge >= 0.3 is 0 Å². The fourth-order valence-electron chi connectivity index (χ4n) is 5.67. The van der Waals surface area contributed by atoms with Crippen molar-refractivity contribution in [1.29, 1.82) is 0 Å². The van der Waals surface area contributed by atoms with Gasteiger partial charge in [0.2, 0.25) is 0 Å². The summed E-state index contributed by atoms with van der Waals surface area (Å²) in [5.74, 6) is 3.14. The molecular weight excluding hydrogens is 328 g/mol. The van der Waals surface area contributed by atoms with Gasteiger partial charge in [-0.05, 0) is 62.7 Å². The van der Waals surface area contributed by atoms with Crippen LogP contribution in [0.1, 0.15) is 136 Å². The summed E-state index contributed by atoms with van der Waals surface area (Å²) in [6.45, 7) is 5.63. The van der Waals surface area contributed by atoms with Crippen LogP contribution in [-0.2, 0) is 4.74 Å². The minimum atomic E-state index is 0.590. The highest BCUT2D eigenvalue weighted by atomic mass is 16.5. The highest BCUT2D eigenvalue weighted by Crippen LogP contribution is 2.41. The van der Waals surface area contributed by atoms with Gasteiger partial charge in [-0.3, -0.25) is 0 Å². The van der Waals surface area contributed by atoms with E-state index in [0.717, 1.165) is 24.4 Å². The number of unbranched alkanes of at least 4 members (excludes halogenated alkanes) is 8. The Labute approximate surface area is 171 Å². The van der Waals surface area contributed by atoms with E-state index in [1.54, 1.807) is 0 Å². The van der Waals surface area contributed by atoms with Crippen molar-refractivity contribution in [2.24, 2.45) is 17.8 Å². The quantitative estimate of drug-likeness (QED) is 0.275. The van der Waals surface area contributed by atoms with E-state index >= 15 is 0 Å². The average Bonchev–Trinajstić information content (AvgIpc) is 2.71. The Bertz CT molecular complexity index is 323. The van der Waals surface area contributed by atoms with Crippen molar-refractivity contribution >= 4 is 0 Å². The van der Waals surface area contributed by atoms with E-state index in [2.05, 4.69) is 13.8 Å². The smallest absolute Gasteiger partial charge is 0.0575 e. The lowest BCUT2D eigenvalue weighted by atomic mass is 9.70. The van der Waals surface area contributed by atoms with E-state index in [0.29, 0.717) is 6.10 Å². The second kappa shape index (κ2) is 14.9. The molecule has 0 unspecified atom stereocenters. The lowest BCUT2D eigenvalue weighted by Crippen LogP contribution is -2.28. The maximum Gasteiger partial charge on any atom is 0.0575 e. The Morgan fingerprint density at radius 2 is 1.07 bits per heavy atom. The zero-order valence-electron chi connectivity index (χ0n) is 18.9. The molecule has 0 heterocycles. The van der Waals surface area contributed by atoms with Crippen LogP contribution >= 0.6 is 0 Å². The normalized spacial score (nSPS) is 29.1. The summed E-state index contributed by atoms with van der Waals surface area (Å²) in [5.41, 5.74) is 0. The molecule has 0 aliphatic heterocycles. The molecule has 0 bridgehead atoms. The fourth-order valence-corrected chi connectivity index (χ4v) is 5.67. The molecule has 160 valence electrons. The van der Waals surface area contributed by atoms with Gasteiger partial charge in [0.15, 0.2) is 0 Å². The number of ether oxygens (including phenoxy) is 1. The molecule has 0 spiro atoms. The van der Waals surface area contributed by atoms with E-state index in [4.69, 9.17) is 4.74 Å². The standard InChI is InChI=1S/C26H50O/c1-3-5-7-9-10-12-22-27-26-20-18-25(19-21-26)24-16-14-23(15-17-24)13-11-8-6-4-2/h23-26H,3-22H2,1-2H3/t23-,24-,25-,26-. The third kappa shape index (κ3) is 9.82. The molecular formula is C26H50O. The van der Waals surface area contributed by atoms with Crippen molar-refractivity contribution in [1.82, 2.24) is 0 Å². The number of rotatable bonds is 14. The van der Waals surface area contributed by atoms with Gasteiger partial charge in [-0.1, -0.05) is 90.9 Å². The lowest BCUT2D eigenvalue weighted by molar-refractivity contribution is 0.00526. The molecule has 2 fully saturated rings. The van der Waals surface area contributed by atoms with Gasteiger partial charge in [-0.15, -0.1) is 0 Å². The molecule has 0 aromatic heterocycles. The summed E-state index contributed by atoms with van der Waals surface area (Å²) in [6.07, 6.45) is 27.9. The molecule has 0 saturated heterocycles. The van der Waals surface area contributed by atoms with E-state index in [9.17, 15) is 0 Å². The first-order valence-corrected chi connectivity index (χ1v) is 12.9. The van der Waals surface area contributed by atoms with E-state index in [1.165, 1.54) is 122 Å². The minimum Gasteiger partial charge on any atom is -0.378 e. The first-order valence-electron chi connectivity index (χ1n) is 12.9. The van der Waals surface area contributed by atoms with Gasteiger partial charge in [0.1, 0.15) is 0 Å². The molecule has 1 nitrogen and oxygen atoms in total.